The molecule has 0 aromatic heterocycles. The van der Waals surface area contributed by atoms with Crippen molar-refractivity contribution in [1.29, 1.82) is 0 Å². The zero-order valence-corrected chi connectivity index (χ0v) is 8.38. The Morgan fingerprint density at radius 2 is 2.00 bits per heavy atom. The molecule has 16 heavy (non-hydrogen) atoms. The highest BCUT2D eigenvalue weighted by Crippen LogP contribution is 2.09. The molecule has 0 saturated heterocycles. The summed E-state index contributed by atoms with van der Waals surface area (Å²) in [5.41, 5.74) is 1.23. The molecule has 0 spiro atoms. The van der Waals surface area contributed by atoms with Gasteiger partial charge in [0.1, 0.15) is 6.42 Å². The molecule has 0 atom stereocenters. The lowest BCUT2D eigenvalue weighted by molar-refractivity contribution is -0.445. The molecule has 1 N–H and O–H groups in total. The van der Waals surface area contributed by atoms with Crippen molar-refractivity contribution in [3.63, 3.8) is 0 Å². The summed E-state index contributed by atoms with van der Waals surface area (Å²) in [5.74, 6) is -1.50. The zero-order chi connectivity index (χ0) is 11.7. The van der Waals surface area contributed by atoms with E-state index < -0.39 is 5.97 Å². The van der Waals surface area contributed by atoms with Gasteiger partial charge in [-0.15, -0.1) is 0 Å². The van der Waals surface area contributed by atoms with Crippen molar-refractivity contribution in [2.75, 3.05) is 0 Å². The summed E-state index contributed by atoms with van der Waals surface area (Å²) in [5, 5.41) is 12.5. The van der Waals surface area contributed by atoms with Crippen molar-refractivity contribution in [1.82, 2.24) is 0 Å². The van der Waals surface area contributed by atoms with Crippen LogP contribution in [0.3, 0.4) is 0 Å². The second kappa shape index (κ2) is 3.69. The number of nitrogens with zero attached hydrogens (tertiary/aromatic N) is 2. The molecule has 0 unspecified atom stereocenters. The van der Waals surface area contributed by atoms with Gasteiger partial charge in [0.15, 0.2) is 0 Å². The first kappa shape index (κ1) is 10.2. The number of carboxylic acid groups (broad SMARTS) is 1. The van der Waals surface area contributed by atoms with Crippen LogP contribution in [0.15, 0.2) is 41.6 Å². The number of carbonyl (C=O) groups excluding carboxylic acids is 1. The van der Waals surface area contributed by atoms with Gasteiger partial charge < -0.3 is 5.11 Å². The number of hydrazone groups is 1. The maximum atomic E-state index is 11.5. The van der Waals surface area contributed by atoms with Gasteiger partial charge in [0, 0.05) is 17.3 Å². The van der Waals surface area contributed by atoms with Crippen LogP contribution in [0.1, 0.15) is 6.42 Å². The molecule has 2 rings (SSSR count). The van der Waals surface area contributed by atoms with Gasteiger partial charge in [0.25, 0.3) is 0 Å². The van der Waals surface area contributed by atoms with E-state index in [1.54, 1.807) is 24.3 Å². The summed E-state index contributed by atoms with van der Waals surface area (Å²) >= 11 is 0. The van der Waals surface area contributed by atoms with E-state index in [2.05, 4.69) is 11.7 Å². The van der Waals surface area contributed by atoms with Crippen LogP contribution in [0, 0.1) is 0 Å². The monoisotopic (exact) mass is 217 g/mol. The Balaban J connectivity index is 2.42. The third-order valence-corrected chi connectivity index (χ3v) is 2.20. The van der Waals surface area contributed by atoms with Crippen molar-refractivity contribution < 1.29 is 19.4 Å². The van der Waals surface area contributed by atoms with Crippen molar-refractivity contribution in [2.24, 2.45) is 5.10 Å². The summed E-state index contributed by atoms with van der Waals surface area (Å²) < 4.78 is 1.10. The van der Waals surface area contributed by atoms with Crippen LogP contribution in [0.5, 0.6) is 0 Å². The fourth-order valence-electron chi connectivity index (χ4n) is 1.39. The number of carboxylic acids is 1. The summed E-state index contributed by atoms with van der Waals surface area (Å²) in [6.45, 7) is 3.72. The lowest BCUT2D eigenvalue weighted by atomic mass is 10.1. The van der Waals surface area contributed by atoms with Crippen LogP contribution < -0.4 is 0 Å². The molecular weight excluding hydrogens is 208 g/mol. The minimum absolute atomic E-state index is 0.135. The quantitative estimate of drug-likeness (QED) is 0.650. The van der Waals surface area contributed by atoms with E-state index in [0.29, 0.717) is 5.71 Å². The molecule has 1 amide bonds. The van der Waals surface area contributed by atoms with Gasteiger partial charge in [-0.05, 0) is 22.4 Å². The lowest BCUT2D eigenvalue weighted by Crippen LogP contribution is -2.17. The third-order valence-electron chi connectivity index (χ3n) is 2.20. The topological polar surface area (TPSA) is 69.7 Å². The fraction of sp³-hybridized carbons (Fsp3) is 0.0909. The summed E-state index contributed by atoms with van der Waals surface area (Å²) in [6.07, 6.45) is 6.65. The van der Waals surface area contributed by atoms with Gasteiger partial charge in [-0.2, -0.15) is 0 Å². The molecule has 0 aromatic carbocycles. The highest BCUT2D eigenvalue weighted by molar-refractivity contribution is 6.39. The van der Waals surface area contributed by atoms with E-state index in [4.69, 9.17) is 5.11 Å². The summed E-state index contributed by atoms with van der Waals surface area (Å²) in [6, 6.07) is 0. The Morgan fingerprint density at radius 1 is 1.38 bits per heavy atom. The van der Waals surface area contributed by atoms with Crippen LogP contribution in [0.25, 0.3) is 0 Å². The first-order valence-corrected chi connectivity index (χ1v) is 4.63. The largest absolute Gasteiger partial charge is 0.477 e. The van der Waals surface area contributed by atoms with Gasteiger partial charge in [-0.1, -0.05) is 6.58 Å². The van der Waals surface area contributed by atoms with E-state index in [1.165, 1.54) is 0 Å². The molecule has 1 aliphatic heterocycles. The third kappa shape index (κ3) is 1.75. The van der Waals surface area contributed by atoms with Crippen LogP contribution in [-0.2, 0) is 9.59 Å². The molecule has 0 fully saturated rings. The fourth-order valence-corrected chi connectivity index (χ4v) is 1.39. The van der Waals surface area contributed by atoms with E-state index in [-0.39, 0.29) is 18.0 Å². The first-order valence-electron chi connectivity index (χ1n) is 4.63. The number of aliphatic carboxylic acids is 1. The van der Waals surface area contributed by atoms with Crippen LogP contribution in [-0.4, -0.2) is 33.1 Å². The molecule has 80 valence electrons. The van der Waals surface area contributed by atoms with Gasteiger partial charge >= 0.3 is 11.9 Å². The average Bonchev–Trinajstić information content (AvgIpc) is 2.62. The molecule has 0 radical (unpaired) electrons. The molecule has 0 aromatic rings. The van der Waals surface area contributed by atoms with Crippen molar-refractivity contribution in [3.05, 3.63) is 36.5 Å². The Morgan fingerprint density at radius 3 is 2.50 bits per heavy atom. The van der Waals surface area contributed by atoms with Crippen molar-refractivity contribution >= 4 is 23.3 Å². The minimum Gasteiger partial charge on any atom is -0.477 e. The second-order valence-corrected chi connectivity index (χ2v) is 3.40. The Hall–Kier alpha value is -2.30. The molecular formula is C11H9N2O3+. The Bertz CT molecular complexity index is 503. The van der Waals surface area contributed by atoms with Gasteiger partial charge in [-0.3, -0.25) is 0 Å². The maximum Gasteiger partial charge on any atom is 0.424 e. The zero-order valence-electron chi connectivity index (χ0n) is 8.38. The predicted octanol–water partition coefficient (Wildman–Crippen LogP) is 0.493. The number of rotatable bonds is 1. The van der Waals surface area contributed by atoms with Crippen LogP contribution in [0.2, 0.25) is 0 Å². The summed E-state index contributed by atoms with van der Waals surface area (Å²) in [7, 11) is 0. The van der Waals surface area contributed by atoms with Gasteiger partial charge in [0.05, 0.1) is 0 Å². The maximum absolute atomic E-state index is 11.5. The number of hydrogen-bond acceptors (Lipinski definition) is 3. The molecule has 5 heteroatoms. The van der Waals surface area contributed by atoms with E-state index in [1.807, 2.05) is 0 Å². The predicted molar refractivity (Wildman–Crippen MR) is 57.4 cm³/mol. The molecule has 2 aliphatic rings. The van der Waals surface area contributed by atoms with Gasteiger partial charge in [0.2, 0.25) is 11.4 Å². The molecule has 1 heterocycles. The smallest absolute Gasteiger partial charge is 0.424 e. The number of allylic oxidation sites excluding steroid dienone is 5. The number of amides is 1. The molecule has 5 nitrogen and oxygen atoms in total. The molecule has 1 aliphatic carbocycles. The molecule has 0 saturated carbocycles. The highest BCUT2D eigenvalue weighted by atomic mass is 16.4. The van der Waals surface area contributed by atoms with Crippen LogP contribution in [0.4, 0.5) is 0 Å². The standard InChI is InChI=1S/C11H8N2O3/c1-7-2-4-8(5-3-7)13-10(14)6-9(12-13)11(15)16/h2-5H,1,6H2/p+1. The molecule has 0 bridgehead atoms. The lowest BCUT2D eigenvalue weighted by Gasteiger charge is -1.96. The first-order chi connectivity index (χ1) is 7.58. The average molecular weight is 217 g/mol. The van der Waals surface area contributed by atoms with Gasteiger partial charge in [-0.25, -0.2) is 9.59 Å². The minimum atomic E-state index is -1.16. The highest BCUT2D eigenvalue weighted by Gasteiger charge is 2.35. The second-order valence-electron chi connectivity index (χ2n) is 3.40. The van der Waals surface area contributed by atoms with Crippen molar-refractivity contribution in [2.45, 2.75) is 6.42 Å². The normalized spacial score (nSPS) is 19.4. The number of hydrogen-bond donors (Lipinski definition) is 1. The Kier molecular flexibility index (Phi) is 2.36. The van der Waals surface area contributed by atoms with E-state index in [0.717, 1.165) is 10.3 Å². The van der Waals surface area contributed by atoms with E-state index >= 15 is 0 Å². The SMILES string of the molecule is C=C1C=CC(=[N+]2N=C(C(=O)O)CC2=O)C=C1. The number of carbonyl (C=O) groups is 2. The van der Waals surface area contributed by atoms with Crippen LogP contribution >= 0.6 is 0 Å². The van der Waals surface area contributed by atoms with E-state index in [9.17, 15) is 9.59 Å². The van der Waals surface area contributed by atoms with Crippen molar-refractivity contribution in [3.8, 4) is 0 Å². The Labute approximate surface area is 91.4 Å². The summed E-state index contributed by atoms with van der Waals surface area (Å²) in [4.78, 5) is 22.2.